The highest BCUT2D eigenvalue weighted by Gasteiger charge is 2.17. The van der Waals surface area contributed by atoms with Crippen LogP contribution in [0.1, 0.15) is 5.56 Å². The van der Waals surface area contributed by atoms with Crippen LogP contribution in [0.4, 0.5) is 15.8 Å². The van der Waals surface area contributed by atoms with Gasteiger partial charge in [-0.2, -0.15) is 0 Å². The Kier molecular flexibility index (Phi) is 6.78. The molecule has 0 aliphatic rings. The van der Waals surface area contributed by atoms with Gasteiger partial charge in [0.25, 0.3) is 0 Å². The van der Waals surface area contributed by atoms with Crippen LogP contribution >= 0.6 is 11.6 Å². The van der Waals surface area contributed by atoms with Gasteiger partial charge in [0.1, 0.15) is 11.6 Å². The Morgan fingerprint density at radius 1 is 0.973 bits per heavy atom. The Balaban J connectivity index is 1.47. The van der Waals surface area contributed by atoms with Crippen LogP contribution in [0.15, 0.2) is 96.3 Å². The monoisotopic (exact) mass is 533 g/mol. The van der Waals surface area contributed by atoms with Crippen molar-refractivity contribution in [3.63, 3.8) is 0 Å². The fourth-order valence-electron chi connectivity index (χ4n) is 4.02. The van der Waals surface area contributed by atoms with Crippen LogP contribution in [0.25, 0.3) is 22.0 Å². The number of rotatable bonds is 7. The topological polar surface area (TPSA) is 81.2 Å². The molecule has 186 valence electrons. The van der Waals surface area contributed by atoms with Gasteiger partial charge in [-0.1, -0.05) is 23.7 Å². The van der Waals surface area contributed by atoms with Gasteiger partial charge >= 0.3 is 0 Å². The molecular formula is C28H21ClFN3O3S. The highest BCUT2D eigenvalue weighted by atomic mass is 35.5. The van der Waals surface area contributed by atoms with Crippen molar-refractivity contribution < 1.29 is 17.5 Å². The number of methoxy groups -OCH3 is 1. The highest BCUT2D eigenvalue weighted by molar-refractivity contribution is 7.90. The summed E-state index contributed by atoms with van der Waals surface area (Å²) in [5.74, 6) is -0.308. The maximum Gasteiger partial charge on any atom is 0.182 e. The summed E-state index contributed by atoms with van der Waals surface area (Å²) < 4.78 is 44.5. The molecule has 9 heteroatoms. The number of hydrogen-bond donors (Lipinski definition) is 1. The van der Waals surface area contributed by atoms with Crippen LogP contribution in [0, 0.1) is 5.82 Å². The van der Waals surface area contributed by atoms with E-state index in [0.717, 1.165) is 39.5 Å². The summed E-state index contributed by atoms with van der Waals surface area (Å²) in [7, 11) is -2.18. The Morgan fingerprint density at radius 2 is 1.84 bits per heavy atom. The number of halogens is 2. The molecule has 5 rings (SSSR count). The van der Waals surface area contributed by atoms with E-state index in [1.807, 2.05) is 30.3 Å². The Morgan fingerprint density at radius 3 is 2.62 bits per heavy atom. The average molecular weight is 534 g/mol. The minimum atomic E-state index is -3.74. The van der Waals surface area contributed by atoms with Gasteiger partial charge in [0, 0.05) is 40.9 Å². The number of benzene rings is 3. The second-order valence-corrected chi connectivity index (χ2v) is 10.8. The van der Waals surface area contributed by atoms with Crippen LogP contribution in [-0.4, -0.2) is 25.5 Å². The average Bonchev–Trinajstić information content (AvgIpc) is 2.89. The van der Waals surface area contributed by atoms with Crippen molar-refractivity contribution in [3.8, 4) is 16.9 Å². The summed E-state index contributed by atoms with van der Waals surface area (Å²) in [5.41, 5.74) is 4.48. The van der Waals surface area contributed by atoms with E-state index >= 15 is 0 Å². The SMILES string of the molecule is COc1ccc(Nc2ccnc3ccc(-c4cncc(CS(=O)(=O)c5cccc(F)c5)c4)cc23)cc1Cl. The van der Waals surface area contributed by atoms with Gasteiger partial charge in [-0.25, -0.2) is 12.8 Å². The van der Waals surface area contributed by atoms with Crippen molar-refractivity contribution in [2.45, 2.75) is 10.6 Å². The number of anilines is 2. The molecule has 0 amide bonds. The van der Waals surface area contributed by atoms with Crippen molar-refractivity contribution in [2.75, 3.05) is 12.4 Å². The summed E-state index contributed by atoms with van der Waals surface area (Å²) in [6.45, 7) is 0. The lowest BCUT2D eigenvalue weighted by Crippen LogP contribution is -2.05. The molecule has 6 nitrogen and oxygen atoms in total. The third kappa shape index (κ3) is 5.40. The van der Waals surface area contributed by atoms with Crippen LogP contribution in [-0.2, 0) is 15.6 Å². The third-order valence-corrected chi connectivity index (χ3v) is 7.79. The van der Waals surface area contributed by atoms with Crippen molar-refractivity contribution in [3.05, 3.63) is 108 Å². The summed E-state index contributed by atoms with van der Waals surface area (Å²) >= 11 is 6.28. The lowest BCUT2D eigenvalue weighted by Gasteiger charge is -2.12. The molecule has 0 fully saturated rings. The minimum absolute atomic E-state index is 0.0657. The lowest BCUT2D eigenvalue weighted by atomic mass is 10.0. The van der Waals surface area contributed by atoms with E-state index in [9.17, 15) is 12.8 Å². The van der Waals surface area contributed by atoms with Gasteiger partial charge in [-0.05, 0) is 71.8 Å². The summed E-state index contributed by atoms with van der Waals surface area (Å²) in [5, 5.41) is 4.73. The van der Waals surface area contributed by atoms with E-state index in [1.165, 1.54) is 24.4 Å². The Bertz CT molecular complexity index is 1730. The van der Waals surface area contributed by atoms with E-state index in [0.29, 0.717) is 16.3 Å². The zero-order chi connectivity index (χ0) is 26.0. The fourth-order valence-corrected chi connectivity index (χ4v) is 5.62. The van der Waals surface area contributed by atoms with E-state index in [-0.39, 0.29) is 10.6 Å². The summed E-state index contributed by atoms with van der Waals surface area (Å²) in [4.78, 5) is 8.65. The highest BCUT2D eigenvalue weighted by Crippen LogP contribution is 2.33. The molecule has 0 saturated carbocycles. The molecule has 5 aromatic rings. The lowest BCUT2D eigenvalue weighted by molar-refractivity contribution is 0.415. The molecular weight excluding hydrogens is 513 g/mol. The van der Waals surface area contributed by atoms with Crippen LogP contribution in [0.5, 0.6) is 5.75 Å². The molecule has 2 heterocycles. The van der Waals surface area contributed by atoms with Gasteiger partial charge in [-0.3, -0.25) is 9.97 Å². The third-order valence-electron chi connectivity index (χ3n) is 5.81. The van der Waals surface area contributed by atoms with E-state index in [2.05, 4.69) is 15.3 Å². The van der Waals surface area contributed by atoms with Gasteiger partial charge in [0.2, 0.25) is 0 Å². The predicted octanol–water partition coefficient (Wildman–Crippen LogP) is 6.82. The number of fused-ring (bicyclic) bond motifs is 1. The molecule has 37 heavy (non-hydrogen) atoms. The molecule has 0 saturated heterocycles. The number of nitrogens with zero attached hydrogens (tertiary/aromatic N) is 2. The van der Waals surface area contributed by atoms with Crippen molar-refractivity contribution in [2.24, 2.45) is 0 Å². The maximum atomic E-state index is 13.6. The molecule has 2 aromatic heterocycles. The predicted molar refractivity (Wildman–Crippen MR) is 144 cm³/mol. The Hall–Kier alpha value is -4.01. The zero-order valence-corrected chi connectivity index (χ0v) is 21.2. The molecule has 0 radical (unpaired) electrons. The Labute approximate surface area is 218 Å². The van der Waals surface area contributed by atoms with E-state index in [4.69, 9.17) is 16.3 Å². The fraction of sp³-hybridized carbons (Fsp3) is 0.0714. The zero-order valence-electron chi connectivity index (χ0n) is 19.7. The summed E-state index contributed by atoms with van der Waals surface area (Å²) in [6.07, 6.45) is 4.89. The number of nitrogens with one attached hydrogen (secondary N) is 1. The standard InChI is InChI=1S/C28H21ClFN3O3S/c1-36-28-8-6-22(14-25(28)29)33-27-9-10-32-26-7-5-19(12-24(26)27)20-11-18(15-31-16-20)17-37(34,35)23-4-2-3-21(30)13-23/h2-16H,17H2,1H3,(H,32,33). The second-order valence-electron chi connectivity index (χ2n) is 8.36. The van der Waals surface area contributed by atoms with Gasteiger partial charge < -0.3 is 10.1 Å². The molecule has 0 aliphatic heterocycles. The molecule has 0 aliphatic carbocycles. The van der Waals surface area contributed by atoms with E-state index < -0.39 is 15.7 Å². The maximum absolute atomic E-state index is 13.6. The van der Waals surface area contributed by atoms with Crippen molar-refractivity contribution in [1.82, 2.24) is 9.97 Å². The van der Waals surface area contributed by atoms with Crippen LogP contribution in [0.2, 0.25) is 5.02 Å². The van der Waals surface area contributed by atoms with Gasteiger partial charge in [0.15, 0.2) is 9.84 Å². The first-order chi connectivity index (χ1) is 17.8. The quantitative estimate of drug-likeness (QED) is 0.247. The minimum Gasteiger partial charge on any atom is -0.495 e. The first kappa shape index (κ1) is 24.7. The number of ether oxygens (including phenoxy) is 1. The number of pyridine rings is 2. The molecule has 0 spiro atoms. The van der Waals surface area contributed by atoms with Crippen molar-refractivity contribution >= 4 is 43.7 Å². The van der Waals surface area contributed by atoms with Gasteiger partial charge in [0.05, 0.1) is 28.3 Å². The largest absolute Gasteiger partial charge is 0.495 e. The first-order valence-corrected chi connectivity index (χ1v) is 13.3. The normalized spacial score (nSPS) is 11.4. The van der Waals surface area contributed by atoms with E-state index in [1.54, 1.807) is 37.7 Å². The molecule has 0 unspecified atom stereocenters. The molecule has 3 aromatic carbocycles. The number of aromatic nitrogens is 2. The smallest absolute Gasteiger partial charge is 0.182 e. The molecule has 0 bridgehead atoms. The first-order valence-electron chi connectivity index (χ1n) is 11.2. The molecule has 0 atom stereocenters. The van der Waals surface area contributed by atoms with Crippen LogP contribution in [0.3, 0.4) is 0 Å². The van der Waals surface area contributed by atoms with Gasteiger partial charge in [-0.15, -0.1) is 0 Å². The summed E-state index contributed by atoms with van der Waals surface area (Å²) in [6, 6.07) is 19.8. The second kappa shape index (κ2) is 10.2. The van der Waals surface area contributed by atoms with Crippen LogP contribution < -0.4 is 10.1 Å². The number of sulfone groups is 1. The molecule has 1 N–H and O–H groups in total. The number of hydrogen-bond acceptors (Lipinski definition) is 6. The van der Waals surface area contributed by atoms with Crippen molar-refractivity contribution in [1.29, 1.82) is 0 Å².